The van der Waals surface area contributed by atoms with E-state index >= 15 is 0 Å². The van der Waals surface area contributed by atoms with Gasteiger partial charge in [-0.15, -0.1) is 0 Å². The van der Waals surface area contributed by atoms with E-state index < -0.39 is 10.0 Å². The van der Waals surface area contributed by atoms with Crippen molar-refractivity contribution >= 4 is 43.2 Å². The molecular weight excluding hydrogens is 340 g/mol. The van der Waals surface area contributed by atoms with Crippen LogP contribution < -0.4 is 4.72 Å². The summed E-state index contributed by atoms with van der Waals surface area (Å²) in [5, 5.41) is 0.520. The second-order valence-corrected chi connectivity index (χ2v) is 6.39. The van der Waals surface area contributed by atoms with Crippen LogP contribution in [0.25, 0.3) is 0 Å². The van der Waals surface area contributed by atoms with Crippen molar-refractivity contribution in [1.29, 1.82) is 0 Å². The number of pyridine rings is 1. The molecule has 0 atom stereocenters. The number of aromatic nitrogens is 1. The molecule has 2 aromatic rings. The molecule has 0 spiro atoms. The standard InChI is InChI=1S/C11H8BrClN2O2S/c12-10-6-8(13)3-4-11(10)15-18(16,17)9-2-1-5-14-7-9/h1-7,15H. The number of benzene rings is 1. The highest BCUT2D eigenvalue weighted by Gasteiger charge is 2.15. The Morgan fingerprint density at radius 1 is 1.28 bits per heavy atom. The second-order valence-electron chi connectivity index (χ2n) is 3.42. The van der Waals surface area contributed by atoms with Gasteiger partial charge in [-0.05, 0) is 46.3 Å². The van der Waals surface area contributed by atoms with Crippen molar-refractivity contribution in [2.24, 2.45) is 0 Å². The number of anilines is 1. The summed E-state index contributed by atoms with van der Waals surface area (Å²) in [5.41, 5.74) is 0.420. The molecule has 0 unspecified atom stereocenters. The summed E-state index contributed by atoms with van der Waals surface area (Å²) in [6.45, 7) is 0. The number of nitrogens with zero attached hydrogens (tertiary/aromatic N) is 1. The summed E-state index contributed by atoms with van der Waals surface area (Å²) in [6, 6.07) is 7.83. The fourth-order valence-corrected chi connectivity index (χ4v) is 3.24. The molecule has 0 aliphatic carbocycles. The summed E-state index contributed by atoms with van der Waals surface area (Å²) < 4.78 is 27.1. The van der Waals surface area contributed by atoms with Crippen LogP contribution in [0.3, 0.4) is 0 Å². The maximum atomic E-state index is 12.0. The van der Waals surface area contributed by atoms with Gasteiger partial charge in [0.1, 0.15) is 4.90 Å². The molecule has 1 heterocycles. The lowest BCUT2D eigenvalue weighted by atomic mass is 10.3. The molecule has 18 heavy (non-hydrogen) atoms. The van der Waals surface area contributed by atoms with E-state index in [1.165, 1.54) is 18.5 Å². The third-order valence-corrected chi connectivity index (χ3v) is 4.36. The molecule has 1 aromatic heterocycles. The van der Waals surface area contributed by atoms with E-state index in [-0.39, 0.29) is 4.90 Å². The number of halogens is 2. The molecule has 0 amide bonds. The van der Waals surface area contributed by atoms with Crippen LogP contribution in [0.4, 0.5) is 5.69 Å². The number of nitrogens with one attached hydrogen (secondary N) is 1. The summed E-state index contributed by atoms with van der Waals surface area (Å²) in [6.07, 6.45) is 2.80. The minimum absolute atomic E-state index is 0.104. The number of hydrogen-bond acceptors (Lipinski definition) is 3. The lowest BCUT2D eigenvalue weighted by molar-refractivity contribution is 0.601. The van der Waals surface area contributed by atoms with Crippen molar-refractivity contribution in [3.63, 3.8) is 0 Å². The first-order chi connectivity index (χ1) is 8.49. The monoisotopic (exact) mass is 346 g/mol. The Bertz CT molecular complexity index is 662. The normalized spacial score (nSPS) is 11.2. The fourth-order valence-electron chi connectivity index (χ4n) is 1.28. The first-order valence-corrected chi connectivity index (χ1v) is 7.52. The molecule has 0 saturated carbocycles. The molecule has 4 nitrogen and oxygen atoms in total. The van der Waals surface area contributed by atoms with Gasteiger partial charge in [0.15, 0.2) is 0 Å². The van der Waals surface area contributed by atoms with Gasteiger partial charge in [0.05, 0.1) is 5.69 Å². The summed E-state index contributed by atoms with van der Waals surface area (Å²) >= 11 is 9.03. The molecule has 2 rings (SSSR count). The van der Waals surface area contributed by atoms with E-state index in [1.54, 1.807) is 24.3 Å². The zero-order valence-corrected chi connectivity index (χ0v) is 12.1. The SMILES string of the molecule is O=S(=O)(Nc1ccc(Cl)cc1Br)c1cccnc1. The third-order valence-electron chi connectivity index (χ3n) is 2.12. The molecule has 94 valence electrons. The number of rotatable bonds is 3. The van der Waals surface area contributed by atoms with Crippen molar-refractivity contribution in [1.82, 2.24) is 4.98 Å². The number of sulfonamides is 1. The molecular formula is C11H8BrClN2O2S. The van der Waals surface area contributed by atoms with Gasteiger partial charge < -0.3 is 0 Å². The molecule has 0 fully saturated rings. The third kappa shape index (κ3) is 3.01. The van der Waals surface area contributed by atoms with Gasteiger partial charge in [-0.3, -0.25) is 9.71 Å². The molecule has 0 aliphatic rings. The molecule has 7 heteroatoms. The fraction of sp³-hybridized carbons (Fsp3) is 0. The molecule has 0 radical (unpaired) electrons. The largest absolute Gasteiger partial charge is 0.278 e. The van der Waals surface area contributed by atoms with Crippen LogP contribution in [0, 0.1) is 0 Å². The van der Waals surface area contributed by atoms with Gasteiger partial charge in [-0.25, -0.2) is 8.42 Å². The molecule has 0 saturated heterocycles. The Morgan fingerprint density at radius 3 is 2.67 bits per heavy atom. The molecule has 0 bridgehead atoms. The highest BCUT2D eigenvalue weighted by Crippen LogP contribution is 2.27. The first-order valence-electron chi connectivity index (χ1n) is 4.87. The van der Waals surface area contributed by atoms with E-state index in [1.807, 2.05) is 0 Å². The lowest BCUT2D eigenvalue weighted by Crippen LogP contribution is -2.13. The van der Waals surface area contributed by atoms with Crippen LogP contribution in [-0.2, 0) is 10.0 Å². The van der Waals surface area contributed by atoms with Gasteiger partial charge in [-0.1, -0.05) is 11.6 Å². The van der Waals surface area contributed by atoms with E-state index in [0.717, 1.165) is 0 Å². The predicted molar refractivity (Wildman–Crippen MR) is 74.2 cm³/mol. The topological polar surface area (TPSA) is 59.1 Å². The maximum Gasteiger partial charge on any atom is 0.263 e. The predicted octanol–water partition coefficient (Wildman–Crippen LogP) is 3.30. The molecule has 0 aliphatic heterocycles. The Hall–Kier alpha value is -1.11. The average molecular weight is 348 g/mol. The van der Waals surface area contributed by atoms with Crippen LogP contribution >= 0.6 is 27.5 Å². The zero-order valence-electron chi connectivity index (χ0n) is 8.97. The molecule has 1 N–H and O–H groups in total. The minimum Gasteiger partial charge on any atom is -0.278 e. The van der Waals surface area contributed by atoms with Crippen molar-refractivity contribution < 1.29 is 8.42 Å². The smallest absolute Gasteiger partial charge is 0.263 e. The van der Waals surface area contributed by atoms with E-state index in [0.29, 0.717) is 15.2 Å². The van der Waals surface area contributed by atoms with Gasteiger partial charge >= 0.3 is 0 Å². The summed E-state index contributed by atoms with van der Waals surface area (Å²) in [4.78, 5) is 3.88. The minimum atomic E-state index is -3.63. The maximum absolute atomic E-state index is 12.0. The van der Waals surface area contributed by atoms with Gasteiger partial charge in [0, 0.05) is 21.9 Å². The number of hydrogen-bond donors (Lipinski definition) is 1. The van der Waals surface area contributed by atoms with Crippen molar-refractivity contribution in [2.75, 3.05) is 4.72 Å². The van der Waals surface area contributed by atoms with Crippen LogP contribution in [-0.4, -0.2) is 13.4 Å². The highest BCUT2D eigenvalue weighted by atomic mass is 79.9. The molecule has 1 aromatic carbocycles. The second kappa shape index (κ2) is 5.26. The van der Waals surface area contributed by atoms with Crippen molar-refractivity contribution in [2.45, 2.75) is 4.90 Å². The van der Waals surface area contributed by atoms with Gasteiger partial charge in [-0.2, -0.15) is 0 Å². The van der Waals surface area contributed by atoms with Crippen LogP contribution in [0.15, 0.2) is 52.1 Å². The zero-order chi connectivity index (χ0) is 13.2. The van der Waals surface area contributed by atoms with Crippen molar-refractivity contribution in [3.05, 3.63) is 52.2 Å². The lowest BCUT2D eigenvalue weighted by Gasteiger charge is -2.09. The summed E-state index contributed by atoms with van der Waals surface area (Å²) in [5.74, 6) is 0. The Labute approximate surface area is 118 Å². The van der Waals surface area contributed by atoms with Gasteiger partial charge in [0.2, 0.25) is 0 Å². The van der Waals surface area contributed by atoms with Crippen LogP contribution in [0.5, 0.6) is 0 Å². The van der Waals surface area contributed by atoms with E-state index in [9.17, 15) is 8.42 Å². The Morgan fingerprint density at radius 2 is 2.06 bits per heavy atom. The highest BCUT2D eigenvalue weighted by molar-refractivity contribution is 9.10. The average Bonchev–Trinajstić information content (AvgIpc) is 2.34. The van der Waals surface area contributed by atoms with E-state index in [4.69, 9.17) is 11.6 Å². The van der Waals surface area contributed by atoms with E-state index in [2.05, 4.69) is 25.6 Å². The summed E-state index contributed by atoms with van der Waals surface area (Å²) in [7, 11) is -3.63. The van der Waals surface area contributed by atoms with Crippen molar-refractivity contribution in [3.8, 4) is 0 Å². The Balaban J connectivity index is 2.34. The van der Waals surface area contributed by atoms with Crippen LogP contribution in [0.1, 0.15) is 0 Å². The van der Waals surface area contributed by atoms with Crippen LogP contribution in [0.2, 0.25) is 5.02 Å². The Kier molecular flexibility index (Phi) is 3.89. The first kappa shape index (κ1) is 13.3. The quantitative estimate of drug-likeness (QED) is 0.927. The van der Waals surface area contributed by atoms with Gasteiger partial charge in [0.25, 0.3) is 10.0 Å².